The number of aromatic carboxylic acids is 1. The van der Waals surface area contributed by atoms with Crippen LogP contribution in [0.15, 0.2) is 42.5 Å². The van der Waals surface area contributed by atoms with Crippen LogP contribution in [0.5, 0.6) is 0 Å². The van der Waals surface area contributed by atoms with Gasteiger partial charge in [0.05, 0.1) is 11.3 Å². The summed E-state index contributed by atoms with van der Waals surface area (Å²) in [7, 11) is 0. The predicted molar refractivity (Wildman–Crippen MR) is 61.4 cm³/mol. The fourth-order valence-electron chi connectivity index (χ4n) is 1.49. The van der Waals surface area contributed by atoms with Crippen molar-refractivity contribution in [2.75, 3.05) is 0 Å². The second-order valence-electron chi connectivity index (χ2n) is 3.55. The number of rotatable bonds is 2. The first-order valence-corrected chi connectivity index (χ1v) is 4.94. The first-order chi connectivity index (χ1) is 7.66. The van der Waals surface area contributed by atoms with Gasteiger partial charge in [-0.25, -0.2) is 4.79 Å². The van der Waals surface area contributed by atoms with E-state index < -0.39 is 5.97 Å². The molecule has 0 amide bonds. The highest BCUT2D eigenvalue weighted by Gasteiger charge is 2.03. The Bertz CT molecular complexity index is 518. The molecule has 3 heteroatoms. The highest BCUT2D eigenvalue weighted by molar-refractivity contribution is 5.88. The third-order valence-electron chi connectivity index (χ3n) is 2.32. The van der Waals surface area contributed by atoms with Gasteiger partial charge in [0.1, 0.15) is 0 Å². The van der Waals surface area contributed by atoms with Crippen LogP contribution < -0.4 is 0 Å². The highest BCUT2D eigenvalue weighted by atomic mass is 16.4. The Balaban J connectivity index is 2.38. The Morgan fingerprint density at radius 1 is 1.12 bits per heavy atom. The van der Waals surface area contributed by atoms with Crippen LogP contribution in [0.2, 0.25) is 0 Å². The zero-order valence-corrected chi connectivity index (χ0v) is 8.84. The maximum Gasteiger partial charge on any atom is 0.335 e. The molecule has 3 nitrogen and oxygen atoms in total. The van der Waals surface area contributed by atoms with E-state index in [1.807, 2.05) is 25.1 Å². The fraction of sp³-hybridized carbons (Fsp3) is 0.0769. The lowest BCUT2D eigenvalue weighted by atomic mass is 10.1. The van der Waals surface area contributed by atoms with E-state index in [2.05, 4.69) is 4.98 Å². The molecule has 1 aromatic carbocycles. The standard InChI is InChI=1S/C13H11NO2/c1-9-3-2-4-12(14-9)10-5-7-11(8-6-10)13(15)16/h2-8H,1H3,(H,15,16). The van der Waals surface area contributed by atoms with E-state index in [0.29, 0.717) is 0 Å². The van der Waals surface area contributed by atoms with Gasteiger partial charge in [-0.1, -0.05) is 18.2 Å². The summed E-state index contributed by atoms with van der Waals surface area (Å²) < 4.78 is 0. The molecule has 0 fully saturated rings. The van der Waals surface area contributed by atoms with Crippen molar-refractivity contribution in [2.45, 2.75) is 6.92 Å². The molecule has 0 aliphatic rings. The summed E-state index contributed by atoms with van der Waals surface area (Å²) in [5, 5.41) is 8.77. The van der Waals surface area contributed by atoms with Crippen molar-refractivity contribution >= 4 is 5.97 Å². The average molecular weight is 213 g/mol. The number of aryl methyl sites for hydroxylation is 1. The largest absolute Gasteiger partial charge is 0.478 e. The average Bonchev–Trinajstić information content (AvgIpc) is 2.29. The van der Waals surface area contributed by atoms with E-state index in [-0.39, 0.29) is 5.56 Å². The number of hydrogen-bond donors (Lipinski definition) is 1. The normalized spacial score (nSPS) is 10.1. The van der Waals surface area contributed by atoms with Crippen molar-refractivity contribution in [3.8, 4) is 11.3 Å². The number of nitrogens with zero attached hydrogens (tertiary/aromatic N) is 1. The van der Waals surface area contributed by atoms with Crippen molar-refractivity contribution < 1.29 is 9.90 Å². The van der Waals surface area contributed by atoms with Crippen LogP contribution in [-0.2, 0) is 0 Å². The zero-order valence-electron chi connectivity index (χ0n) is 8.84. The van der Waals surface area contributed by atoms with Crippen molar-refractivity contribution in [2.24, 2.45) is 0 Å². The third kappa shape index (κ3) is 2.08. The first-order valence-electron chi connectivity index (χ1n) is 4.94. The number of carboxylic acids is 1. The lowest BCUT2D eigenvalue weighted by Gasteiger charge is -2.02. The Labute approximate surface area is 93.4 Å². The molecule has 0 bridgehead atoms. The second kappa shape index (κ2) is 4.14. The quantitative estimate of drug-likeness (QED) is 0.834. The molecule has 0 unspecified atom stereocenters. The summed E-state index contributed by atoms with van der Waals surface area (Å²) in [5.74, 6) is -0.913. The van der Waals surface area contributed by atoms with Crippen LogP contribution in [0.1, 0.15) is 16.1 Å². The summed E-state index contributed by atoms with van der Waals surface area (Å²) in [6.07, 6.45) is 0. The summed E-state index contributed by atoms with van der Waals surface area (Å²) in [6, 6.07) is 12.5. The van der Waals surface area contributed by atoms with Gasteiger partial charge in [0.2, 0.25) is 0 Å². The van der Waals surface area contributed by atoms with Crippen molar-refractivity contribution in [1.29, 1.82) is 0 Å². The molecule has 1 N–H and O–H groups in total. The van der Waals surface area contributed by atoms with E-state index in [4.69, 9.17) is 5.11 Å². The molecule has 16 heavy (non-hydrogen) atoms. The summed E-state index contributed by atoms with van der Waals surface area (Å²) in [5.41, 5.74) is 3.02. The number of pyridine rings is 1. The van der Waals surface area contributed by atoms with Crippen LogP contribution in [0.3, 0.4) is 0 Å². The van der Waals surface area contributed by atoms with E-state index in [1.165, 1.54) is 0 Å². The summed E-state index contributed by atoms with van der Waals surface area (Å²) in [6.45, 7) is 1.93. The van der Waals surface area contributed by atoms with Crippen molar-refractivity contribution in [1.82, 2.24) is 4.98 Å². The number of hydrogen-bond acceptors (Lipinski definition) is 2. The van der Waals surface area contributed by atoms with E-state index in [1.54, 1.807) is 24.3 Å². The molecule has 0 aliphatic carbocycles. The fourth-order valence-corrected chi connectivity index (χ4v) is 1.49. The van der Waals surface area contributed by atoms with E-state index in [0.717, 1.165) is 17.0 Å². The van der Waals surface area contributed by atoms with Gasteiger partial charge < -0.3 is 5.11 Å². The lowest BCUT2D eigenvalue weighted by Crippen LogP contribution is -1.95. The molecule has 0 saturated carbocycles. The van der Waals surface area contributed by atoms with Crippen molar-refractivity contribution in [3.05, 3.63) is 53.7 Å². The molecule has 2 aromatic rings. The van der Waals surface area contributed by atoms with Crippen LogP contribution in [0.25, 0.3) is 11.3 Å². The first kappa shape index (κ1) is 10.4. The zero-order chi connectivity index (χ0) is 11.5. The van der Waals surface area contributed by atoms with Gasteiger partial charge >= 0.3 is 5.97 Å². The van der Waals surface area contributed by atoms with Gasteiger partial charge in [0, 0.05) is 11.3 Å². The number of aromatic nitrogens is 1. The van der Waals surface area contributed by atoms with Gasteiger partial charge in [-0.05, 0) is 31.2 Å². The maximum atomic E-state index is 10.7. The lowest BCUT2D eigenvalue weighted by molar-refractivity contribution is 0.0697. The molecule has 2 rings (SSSR count). The van der Waals surface area contributed by atoms with Crippen LogP contribution in [-0.4, -0.2) is 16.1 Å². The minimum absolute atomic E-state index is 0.288. The molecular formula is C13H11NO2. The van der Waals surface area contributed by atoms with Crippen LogP contribution >= 0.6 is 0 Å². The molecule has 0 aliphatic heterocycles. The Kier molecular flexibility index (Phi) is 2.68. The van der Waals surface area contributed by atoms with Gasteiger partial charge in [0.15, 0.2) is 0 Å². The van der Waals surface area contributed by atoms with Gasteiger partial charge in [-0.2, -0.15) is 0 Å². The van der Waals surface area contributed by atoms with Crippen molar-refractivity contribution in [3.63, 3.8) is 0 Å². The molecule has 0 atom stereocenters. The molecular weight excluding hydrogens is 202 g/mol. The highest BCUT2D eigenvalue weighted by Crippen LogP contribution is 2.17. The molecule has 0 spiro atoms. The smallest absolute Gasteiger partial charge is 0.335 e. The van der Waals surface area contributed by atoms with Gasteiger partial charge in [0.25, 0.3) is 0 Å². The Hall–Kier alpha value is -2.16. The molecule has 0 radical (unpaired) electrons. The molecule has 0 saturated heterocycles. The molecule has 80 valence electrons. The summed E-state index contributed by atoms with van der Waals surface area (Å²) in [4.78, 5) is 15.1. The molecule has 1 aromatic heterocycles. The Morgan fingerprint density at radius 3 is 2.38 bits per heavy atom. The van der Waals surface area contributed by atoms with Crippen LogP contribution in [0, 0.1) is 6.92 Å². The monoisotopic (exact) mass is 213 g/mol. The van der Waals surface area contributed by atoms with E-state index >= 15 is 0 Å². The van der Waals surface area contributed by atoms with Gasteiger partial charge in [-0.15, -0.1) is 0 Å². The van der Waals surface area contributed by atoms with E-state index in [9.17, 15) is 4.79 Å². The maximum absolute atomic E-state index is 10.7. The summed E-state index contributed by atoms with van der Waals surface area (Å²) >= 11 is 0. The number of carbonyl (C=O) groups is 1. The minimum atomic E-state index is -0.913. The van der Waals surface area contributed by atoms with Crippen LogP contribution in [0.4, 0.5) is 0 Å². The Morgan fingerprint density at radius 2 is 1.81 bits per heavy atom. The SMILES string of the molecule is Cc1cccc(-c2ccc(C(=O)O)cc2)n1. The topological polar surface area (TPSA) is 50.2 Å². The minimum Gasteiger partial charge on any atom is -0.478 e. The predicted octanol–water partition coefficient (Wildman–Crippen LogP) is 2.76. The third-order valence-corrected chi connectivity index (χ3v) is 2.32. The number of benzene rings is 1. The molecule has 1 heterocycles. The number of carboxylic acid groups (broad SMARTS) is 1. The van der Waals surface area contributed by atoms with Gasteiger partial charge in [-0.3, -0.25) is 4.98 Å². The second-order valence-corrected chi connectivity index (χ2v) is 3.55.